The van der Waals surface area contributed by atoms with Gasteiger partial charge in [0.05, 0.1) is 11.3 Å². The van der Waals surface area contributed by atoms with E-state index in [0.29, 0.717) is 25.1 Å². The Morgan fingerprint density at radius 3 is 2.50 bits per heavy atom. The normalized spacial score (nSPS) is 20.8. The van der Waals surface area contributed by atoms with Gasteiger partial charge in [0.2, 0.25) is 10.0 Å². The molecule has 1 spiro atoms. The summed E-state index contributed by atoms with van der Waals surface area (Å²) in [6.07, 6.45) is 2.86. The summed E-state index contributed by atoms with van der Waals surface area (Å²) in [5.41, 5.74) is 3.00. The molecule has 0 aromatic heterocycles. The lowest BCUT2D eigenvalue weighted by molar-refractivity contribution is 0.0896. The average molecular weight is 538 g/mol. The highest BCUT2D eigenvalue weighted by Crippen LogP contribution is 2.46. The van der Waals surface area contributed by atoms with E-state index in [9.17, 15) is 13.2 Å². The van der Waals surface area contributed by atoms with E-state index in [4.69, 9.17) is 0 Å². The molecule has 2 aliphatic rings. The molecular weight excluding hydrogens is 511 g/mol. The number of sulfonamides is 1. The molecule has 5 nitrogen and oxygen atoms in total. The van der Waals surface area contributed by atoms with Crippen LogP contribution in [0.4, 0.5) is 0 Å². The Bertz CT molecular complexity index is 1050. The van der Waals surface area contributed by atoms with Crippen LogP contribution in [0.1, 0.15) is 47.7 Å². The molecule has 4 rings (SSSR count). The summed E-state index contributed by atoms with van der Waals surface area (Å²) < 4.78 is 27.7. The third-order valence-electron chi connectivity index (χ3n) is 6.54. The number of fused-ring (bicyclic) bond motifs is 2. The maximum atomic E-state index is 13.1. The molecule has 1 N–H and O–H groups in total. The number of piperidine rings is 1. The fraction of sp³-hybridized carbons (Fsp3) is 0.435. The number of carbonyl (C=O) groups excluding carboxylic acids is 1. The first-order valence-electron chi connectivity index (χ1n) is 10.5. The highest BCUT2D eigenvalue weighted by atomic mass is 127. The van der Waals surface area contributed by atoms with E-state index in [-0.39, 0.29) is 23.1 Å². The lowest BCUT2D eigenvalue weighted by Crippen LogP contribution is -2.54. The minimum Gasteiger partial charge on any atom is -0.348 e. The lowest BCUT2D eigenvalue weighted by Gasteiger charge is -2.43. The number of hydrogen-bond donors (Lipinski definition) is 1. The third kappa shape index (κ3) is 3.91. The molecule has 1 aliphatic carbocycles. The van der Waals surface area contributed by atoms with Gasteiger partial charge in [0.25, 0.3) is 5.91 Å². The molecule has 30 heavy (non-hydrogen) atoms. The van der Waals surface area contributed by atoms with Crippen LogP contribution in [0, 0.1) is 3.57 Å². The number of hydrogen-bond acceptors (Lipinski definition) is 3. The molecule has 1 heterocycles. The van der Waals surface area contributed by atoms with Crippen molar-refractivity contribution in [2.45, 2.75) is 44.1 Å². The van der Waals surface area contributed by atoms with Gasteiger partial charge < -0.3 is 5.32 Å². The van der Waals surface area contributed by atoms with Crippen molar-refractivity contribution >= 4 is 38.5 Å². The number of carbonyl (C=O) groups is 1. The Morgan fingerprint density at radius 1 is 1.13 bits per heavy atom. The van der Waals surface area contributed by atoms with Crippen LogP contribution in [-0.2, 0) is 21.9 Å². The number of amides is 1. The molecule has 1 unspecified atom stereocenters. The van der Waals surface area contributed by atoms with Gasteiger partial charge in [-0.25, -0.2) is 12.7 Å². The highest BCUT2D eigenvalue weighted by molar-refractivity contribution is 14.1. The van der Waals surface area contributed by atoms with Gasteiger partial charge >= 0.3 is 0 Å². The molecule has 2 aromatic rings. The Balaban J connectivity index is 1.61. The number of rotatable bonds is 5. The molecule has 0 radical (unpaired) electrons. The van der Waals surface area contributed by atoms with Crippen molar-refractivity contribution in [2.75, 3.05) is 18.8 Å². The van der Waals surface area contributed by atoms with Crippen molar-refractivity contribution in [2.24, 2.45) is 0 Å². The van der Waals surface area contributed by atoms with Gasteiger partial charge in [-0.1, -0.05) is 43.3 Å². The third-order valence-corrected chi connectivity index (χ3v) is 9.56. The quantitative estimate of drug-likeness (QED) is 0.591. The Kier molecular flexibility index (Phi) is 6.23. The molecule has 1 fully saturated rings. The summed E-state index contributed by atoms with van der Waals surface area (Å²) in [6.45, 7) is 2.91. The van der Waals surface area contributed by atoms with Crippen LogP contribution < -0.4 is 5.32 Å². The minimum atomic E-state index is -3.20. The number of benzene rings is 2. The topological polar surface area (TPSA) is 66.5 Å². The first kappa shape index (κ1) is 21.8. The number of halogens is 1. The zero-order valence-electron chi connectivity index (χ0n) is 17.1. The van der Waals surface area contributed by atoms with E-state index in [1.807, 2.05) is 43.3 Å². The summed E-state index contributed by atoms with van der Waals surface area (Å²) in [7, 11) is -3.20. The lowest BCUT2D eigenvalue weighted by atomic mass is 9.71. The van der Waals surface area contributed by atoms with Crippen molar-refractivity contribution in [1.29, 1.82) is 0 Å². The fourth-order valence-corrected chi connectivity index (χ4v) is 7.17. The van der Waals surface area contributed by atoms with Crippen molar-refractivity contribution in [1.82, 2.24) is 9.62 Å². The highest BCUT2D eigenvalue weighted by Gasteiger charge is 2.50. The molecule has 1 amide bonds. The molecule has 2 aromatic carbocycles. The monoisotopic (exact) mass is 538 g/mol. The summed E-state index contributed by atoms with van der Waals surface area (Å²) in [5, 5.41) is 3.31. The first-order chi connectivity index (χ1) is 14.4. The van der Waals surface area contributed by atoms with Crippen molar-refractivity contribution in [3.8, 4) is 0 Å². The van der Waals surface area contributed by atoms with Crippen LogP contribution >= 0.6 is 22.6 Å². The minimum absolute atomic E-state index is 0.0329. The van der Waals surface area contributed by atoms with Gasteiger partial charge in [-0.05, 0) is 71.5 Å². The molecule has 1 saturated heterocycles. The zero-order chi connectivity index (χ0) is 21.4. The predicted octanol–water partition coefficient (Wildman–Crippen LogP) is 3.72. The van der Waals surface area contributed by atoms with Crippen LogP contribution in [0.15, 0.2) is 48.5 Å². The van der Waals surface area contributed by atoms with E-state index in [1.54, 1.807) is 4.31 Å². The second-order valence-corrected chi connectivity index (χ2v) is 11.5. The van der Waals surface area contributed by atoms with Crippen LogP contribution in [0.2, 0.25) is 0 Å². The molecule has 1 aliphatic heterocycles. The van der Waals surface area contributed by atoms with Gasteiger partial charge in [-0.3, -0.25) is 4.79 Å². The molecule has 160 valence electrons. The van der Waals surface area contributed by atoms with E-state index in [1.165, 1.54) is 11.1 Å². The predicted molar refractivity (Wildman–Crippen MR) is 127 cm³/mol. The van der Waals surface area contributed by atoms with Crippen molar-refractivity contribution in [3.05, 3.63) is 68.8 Å². The SMILES string of the molecule is CCCS(=O)(=O)N1CCC2(CC1)c1ccccc1CC2NC(=O)c1ccccc1I. The van der Waals surface area contributed by atoms with E-state index in [0.717, 1.165) is 22.8 Å². The van der Waals surface area contributed by atoms with E-state index in [2.05, 4.69) is 40.0 Å². The maximum absolute atomic E-state index is 13.1. The van der Waals surface area contributed by atoms with Gasteiger partial charge in [-0.15, -0.1) is 0 Å². The summed E-state index contributed by atoms with van der Waals surface area (Å²) in [5.74, 6) is 0.140. The summed E-state index contributed by atoms with van der Waals surface area (Å²) >= 11 is 2.19. The summed E-state index contributed by atoms with van der Waals surface area (Å²) in [4.78, 5) is 13.1. The van der Waals surface area contributed by atoms with Gasteiger partial charge in [0.1, 0.15) is 0 Å². The van der Waals surface area contributed by atoms with Crippen LogP contribution in [0.3, 0.4) is 0 Å². The Hall–Kier alpha value is -1.45. The second-order valence-electron chi connectivity index (χ2n) is 8.24. The molecule has 0 bridgehead atoms. The number of nitrogens with zero attached hydrogens (tertiary/aromatic N) is 1. The molecule has 0 saturated carbocycles. The first-order valence-corrected chi connectivity index (χ1v) is 13.2. The molecule has 7 heteroatoms. The van der Waals surface area contributed by atoms with E-state index < -0.39 is 10.0 Å². The Labute approximate surface area is 192 Å². The van der Waals surface area contributed by atoms with Crippen LogP contribution in [-0.4, -0.2) is 43.5 Å². The largest absolute Gasteiger partial charge is 0.348 e. The smallest absolute Gasteiger partial charge is 0.252 e. The summed E-state index contributed by atoms with van der Waals surface area (Å²) in [6, 6.07) is 15.9. The number of nitrogens with one attached hydrogen (secondary N) is 1. The fourth-order valence-electron chi connectivity index (χ4n) is 5.03. The van der Waals surface area contributed by atoms with Gasteiger partial charge in [0, 0.05) is 28.1 Å². The Morgan fingerprint density at radius 2 is 1.80 bits per heavy atom. The van der Waals surface area contributed by atoms with Crippen molar-refractivity contribution < 1.29 is 13.2 Å². The van der Waals surface area contributed by atoms with Crippen LogP contribution in [0.25, 0.3) is 0 Å². The maximum Gasteiger partial charge on any atom is 0.252 e. The standard InChI is InChI=1S/C23H27IN2O3S/c1-2-15-30(28,29)26-13-11-23(12-14-26)19-9-5-3-7-17(19)16-21(23)25-22(27)18-8-4-6-10-20(18)24/h3-10,21H,2,11-16H2,1H3,(H,25,27). The van der Waals surface area contributed by atoms with Gasteiger partial charge in [0.15, 0.2) is 0 Å². The second kappa shape index (κ2) is 8.59. The zero-order valence-corrected chi connectivity index (χ0v) is 20.1. The molecular formula is C23H27IN2O3S. The van der Waals surface area contributed by atoms with Crippen molar-refractivity contribution in [3.63, 3.8) is 0 Å². The van der Waals surface area contributed by atoms with Crippen LogP contribution in [0.5, 0.6) is 0 Å². The van der Waals surface area contributed by atoms with E-state index >= 15 is 0 Å². The average Bonchev–Trinajstić information content (AvgIpc) is 3.01. The van der Waals surface area contributed by atoms with Gasteiger partial charge in [-0.2, -0.15) is 0 Å². The molecule has 1 atom stereocenters.